The summed E-state index contributed by atoms with van der Waals surface area (Å²) in [6.45, 7) is 16.1. The minimum Gasteiger partial charge on any atom is -0.453 e. The highest BCUT2D eigenvalue weighted by molar-refractivity contribution is 7.99. The molecule has 4 atom stereocenters. The molecule has 0 aliphatic carbocycles. The topological polar surface area (TPSA) is 74.2 Å². The van der Waals surface area contributed by atoms with Gasteiger partial charge in [-0.05, 0) is 61.4 Å². The predicted molar refractivity (Wildman–Crippen MR) is 163 cm³/mol. The van der Waals surface area contributed by atoms with Crippen molar-refractivity contribution in [3.63, 3.8) is 0 Å². The molecule has 0 aromatic heterocycles. The molecule has 2 aromatic rings. The Kier molecular flexibility index (Phi) is 15.3. The molecule has 0 spiro atoms. The Morgan fingerprint density at radius 2 is 1.52 bits per heavy atom. The first-order chi connectivity index (χ1) is 19.1. The van der Waals surface area contributed by atoms with Crippen LogP contribution in [0.4, 0.5) is 0 Å². The number of aliphatic hydroxyl groups excluding tert-OH is 1. The fraction of sp³-hybridized carbons (Fsp3) is 0.606. The van der Waals surface area contributed by atoms with E-state index < -0.39 is 29.7 Å². The molecular weight excluding hydrogens is 524 g/mol. The van der Waals surface area contributed by atoms with Crippen LogP contribution in [0.2, 0.25) is 0 Å². The molecule has 2 rings (SSSR count). The summed E-state index contributed by atoms with van der Waals surface area (Å²) in [6, 6.07) is 15.4. The van der Waals surface area contributed by atoms with Gasteiger partial charge in [0.1, 0.15) is 11.5 Å². The number of ether oxygens (including phenoxy) is 4. The number of esters is 1. The highest BCUT2D eigenvalue weighted by Gasteiger charge is 2.33. The zero-order valence-electron chi connectivity index (χ0n) is 25.5. The zero-order valence-corrected chi connectivity index (χ0v) is 26.3. The van der Waals surface area contributed by atoms with Gasteiger partial charge in [-0.2, -0.15) is 0 Å². The van der Waals surface area contributed by atoms with Crippen LogP contribution in [0.25, 0.3) is 0 Å². The third-order valence-corrected chi connectivity index (χ3v) is 7.91. The number of hydrogen-bond acceptors (Lipinski definition) is 7. The van der Waals surface area contributed by atoms with Gasteiger partial charge in [0.05, 0.1) is 24.9 Å². The van der Waals surface area contributed by atoms with Crippen molar-refractivity contribution in [3.05, 3.63) is 65.2 Å². The molecule has 2 aromatic carbocycles. The molecule has 0 saturated carbocycles. The minimum atomic E-state index is -0.779. The lowest BCUT2D eigenvalue weighted by molar-refractivity contribution is -0.119. The molecule has 0 saturated heterocycles. The minimum absolute atomic E-state index is 0.0307. The molecule has 0 radical (unpaired) electrons. The van der Waals surface area contributed by atoms with E-state index in [0.29, 0.717) is 18.8 Å². The lowest BCUT2D eigenvalue weighted by Gasteiger charge is -2.32. The molecule has 224 valence electrons. The fourth-order valence-corrected chi connectivity index (χ4v) is 5.00. The van der Waals surface area contributed by atoms with Crippen LogP contribution in [0.5, 0.6) is 0 Å². The first-order valence-corrected chi connectivity index (χ1v) is 15.5. The SMILES string of the molecule is CCCCOCC(O[C@@H](Sc1cc(C(C)(C)C)ccc1C)[C@H](COCCCC)OC(=O)c1ccccc1)[C@H](C)O. The molecule has 40 heavy (non-hydrogen) atoms. The molecule has 0 aliphatic heterocycles. The standard InChI is InChI=1S/C33H50O6S/c1-8-10-19-36-22-28(25(4)34)39-32(40-30-21-27(33(5,6)7)18-17-24(30)3)29(23-37-20-11-9-2)38-31(35)26-15-13-12-14-16-26/h12-18,21,25,28-29,32,34H,8-11,19-20,22-23H2,1-7H3/t25-,28?,29-,32-/m0/s1. The van der Waals surface area contributed by atoms with Crippen molar-refractivity contribution in [3.8, 4) is 0 Å². The molecule has 6 nitrogen and oxygen atoms in total. The average molecular weight is 575 g/mol. The predicted octanol–water partition coefficient (Wildman–Crippen LogP) is 7.34. The Hall–Kier alpha value is -1.90. The van der Waals surface area contributed by atoms with Gasteiger partial charge in [0, 0.05) is 18.1 Å². The van der Waals surface area contributed by atoms with Crippen LogP contribution in [-0.2, 0) is 24.4 Å². The van der Waals surface area contributed by atoms with Gasteiger partial charge in [-0.3, -0.25) is 0 Å². The molecule has 0 heterocycles. The number of carbonyl (C=O) groups is 1. The summed E-state index contributed by atoms with van der Waals surface area (Å²) < 4.78 is 24.5. The first kappa shape index (κ1) is 34.3. The van der Waals surface area contributed by atoms with Crippen LogP contribution in [0.15, 0.2) is 53.4 Å². The quantitative estimate of drug-likeness (QED) is 0.0864. The monoisotopic (exact) mass is 574 g/mol. The summed E-state index contributed by atoms with van der Waals surface area (Å²) in [6.07, 6.45) is 1.77. The second-order valence-corrected chi connectivity index (χ2v) is 12.4. The van der Waals surface area contributed by atoms with Crippen LogP contribution in [0, 0.1) is 6.92 Å². The van der Waals surface area contributed by atoms with Gasteiger partial charge in [0.25, 0.3) is 0 Å². The van der Waals surface area contributed by atoms with E-state index in [1.807, 2.05) is 18.2 Å². The molecule has 7 heteroatoms. The number of benzene rings is 2. The molecular formula is C33H50O6S. The number of unbranched alkanes of at least 4 members (excludes halogenated alkanes) is 2. The summed E-state index contributed by atoms with van der Waals surface area (Å²) >= 11 is 1.50. The highest BCUT2D eigenvalue weighted by atomic mass is 32.2. The number of aliphatic hydroxyl groups is 1. The van der Waals surface area contributed by atoms with Gasteiger partial charge in [-0.15, -0.1) is 0 Å². The summed E-state index contributed by atoms with van der Waals surface area (Å²) in [5.41, 5.74) is 2.09. The zero-order chi connectivity index (χ0) is 29.5. The molecule has 0 amide bonds. The van der Waals surface area contributed by atoms with E-state index in [2.05, 4.69) is 59.7 Å². The molecule has 1 unspecified atom stereocenters. The van der Waals surface area contributed by atoms with Gasteiger partial charge in [0.2, 0.25) is 0 Å². The number of thioether (sulfide) groups is 1. The lowest BCUT2D eigenvalue weighted by Crippen LogP contribution is -2.42. The number of hydrogen-bond donors (Lipinski definition) is 1. The van der Waals surface area contributed by atoms with E-state index in [1.54, 1.807) is 19.1 Å². The average Bonchev–Trinajstić information content (AvgIpc) is 2.92. The van der Waals surface area contributed by atoms with Crippen molar-refractivity contribution in [1.82, 2.24) is 0 Å². The molecule has 1 N–H and O–H groups in total. The highest BCUT2D eigenvalue weighted by Crippen LogP contribution is 2.35. The van der Waals surface area contributed by atoms with Crippen molar-refractivity contribution in [2.24, 2.45) is 0 Å². The van der Waals surface area contributed by atoms with Crippen molar-refractivity contribution >= 4 is 17.7 Å². The summed E-state index contributed by atoms with van der Waals surface area (Å²) in [5.74, 6) is -0.438. The largest absolute Gasteiger partial charge is 0.453 e. The molecule has 0 fully saturated rings. The Balaban J connectivity index is 2.42. The van der Waals surface area contributed by atoms with Gasteiger partial charge in [-0.1, -0.05) is 89.6 Å². The summed E-state index contributed by atoms with van der Waals surface area (Å²) in [4.78, 5) is 14.2. The van der Waals surface area contributed by atoms with Gasteiger partial charge < -0.3 is 24.1 Å². The van der Waals surface area contributed by atoms with E-state index in [-0.39, 0.29) is 18.6 Å². The third kappa shape index (κ3) is 11.9. The van der Waals surface area contributed by atoms with Crippen LogP contribution < -0.4 is 0 Å². The maximum atomic E-state index is 13.2. The van der Waals surface area contributed by atoms with Gasteiger partial charge in [-0.25, -0.2) is 4.79 Å². The number of rotatable bonds is 18. The maximum Gasteiger partial charge on any atom is 0.338 e. The van der Waals surface area contributed by atoms with Crippen LogP contribution in [0.1, 0.15) is 88.7 Å². The third-order valence-electron chi connectivity index (χ3n) is 6.56. The van der Waals surface area contributed by atoms with Crippen LogP contribution >= 0.6 is 11.8 Å². The van der Waals surface area contributed by atoms with Crippen molar-refractivity contribution in [2.45, 2.75) is 108 Å². The van der Waals surface area contributed by atoms with Crippen LogP contribution in [0.3, 0.4) is 0 Å². The van der Waals surface area contributed by atoms with Crippen LogP contribution in [-0.4, -0.2) is 61.3 Å². The maximum absolute atomic E-state index is 13.2. The molecule has 0 bridgehead atoms. The normalized spacial score (nSPS) is 14.9. The fourth-order valence-electron chi connectivity index (χ4n) is 3.81. The van der Waals surface area contributed by atoms with E-state index in [0.717, 1.165) is 36.1 Å². The summed E-state index contributed by atoms with van der Waals surface area (Å²) in [5, 5.41) is 10.6. The Morgan fingerprint density at radius 1 is 0.925 bits per heavy atom. The second kappa shape index (κ2) is 17.8. The van der Waals surface area contributed by atoms with Crippen molar-refractivity contribution in [2.75, 3.05) is 26.4 Å². The van der Waals surface area contributed by atoms with E-state index in [1.165, 1.54) is 17.3 Å². The van der Waals surface area contributed by atoms with Crippen molar-refractivity contribution < 1.29 is 28.8 Å². The lowest BCUT2D eigenvalue weighted by atomic mass is 9.87. The Labute approximate surface area is 246 Å². The first-order valence-electron chi connectivity index (χ1n) is 14.6. The Bertz CT molecular complexity index is 988. The number of carbonyl (C=O) groups excluding carboxylic acids is 1. The van der Waals surface area contributed by atoms with Gasteiger partial charge >= 0.3 is 5.97 Å². The molecule has 0 aliphatic rings. The second-order valence-electron chi connectivity index (χ2n) is 11.3. The van der Waals surface area contributed by atoms with E-state index in [9.17, 15) is 9.90 Å². The number of aryl methyl sites for hydroxylation is 1. The van der Waals surface area contributed by atoms with E-state index >= 15 is 0 Å². The van der Waals surface area contributed by atoms with Gasteiger partial charge in [0.15, 0.2) is 6.10 Å². The van der Waals surface area contributed by atoms with Crippen molar-refractivity contribution in [1.29, 1.82) is 0 Å². The Morgan fingerprint density at radius 3 is 2.08 bits per heavy atom. The summed E-state index contributed by atoms with van der Waals surface area (Å²) in [7, 11) is 0. The van der Waals surface area contributed by atoms with E-state index in [4.69, 9.17) is 18.9 Å². The smallest absolute Gasteiger partial charge is 0.338 e.